The molecule has 126 valence electrons. The molecular formula is C17H11Cl2N3O2S. The SMILES string of the molecule is O=C1NC(=S)N(c2ccccc2)C(=O)[C@H]1C=Nc1ccc(Cl)cc1Cl. The number of amides is 2. The van der Waals surface area contributed by atoms with Crippen molar-refractivity contribution in [2.45, 2.75) is 0 Å². The molecule has 8 heteroatoms. The highest BCUT2D eigenvalue weighted by Gasteiger charge is 2.38. The average Bonchev–Trinajstić information content (AvgIpc) is 2.57. The van der Waals surface area contributed by atoms with Gasteiger partial charge in [-0.05, 0) is 42.5 Å². The Kier molecular flexibility index (Phi) is 5.13. The Morgan fingerprint density at radius 2 is 1.84 bits per heavy atom. The van der Waals surface area contributed by atoms with Gasteiger partial charge in [0.15, 0.2) is 11.0 Å². The van der Waals surface area contributed by atoms with Crippen LogP contribution in [0.25, 0.3) is 0 Å². The molecule has 0 radical (unpaired) electrons. The maximum atomic E-state index is 12.7. The number of halogens is 2. The molecule has 0 saturated carbocycles. The first kappa shape index (κ1) is 17.5. The highest BCUT2D eigenvalue weighted by molar-refractivity contribution is 7.80. The average molecular weight is 392 g/mol. The van der Waals surface area contributed by atoms with E-state index in [1.54, 1.807) is 36.4 Å². The summed E-state index contributed by atoms with van der Waals surface area (Å²) in [6, 6.07) is 13.6. The van der Waals surface area contributed by atoms with Crippen LogP contribution in [0.2, 0.25) is 10.0 Å². The molecular weight excluding hydrogens is 381 g/mol. The van der Waals surface area contributed by atoms with E-state index in [2.05, 4.69) is 10.3 Å². The van der Waals surface area contributed by atoms with Crippen LogP contribution in [-0.4, -0.2) is 23.1 Å². The molecule has 1 saturated heterocycles. The first-order valence-electron chi connectivity index (χ1n) is 7.20. The lowest BCUT2D eigenvalue weighted by Crippen LogP contribution is -2.58. The molecule has 25 heavy (non-hydrogen) atoms. The van der Waals surface area contributed by atoms with Gasteiger partial charge in [0.1, 0.15) is 0 Å². The van der Waals surface area contributed by atoms with Crippen molar-refractivity contribution in [2.24, 2.45) is 10.9 Å². The summed E-state index contributed by atoms with van der Waals surface area (Å²) < 4.78 is 0. The van der Waals surface area contributed by atoms with E-state index in [9.17, 15) is 9.59 Å². The van der Waals surface area contributed by atoms with Crippen LogP contribution >= 0.6 is 35.4 Å². The van der Waals surface area contributed by atoms with Crippen LogP contribution in [0.4, 0.5) is 11.4 Å². The summed E-state index contributed by atoms with van der Waals surface area (Å²) in [6.07, 6.45) is 1.25. The number of carbonyl (C=O) groups excluding carboxylic acids is 2. The van der Waals surface area contributed by atoms with Crippen molar-refractivity contribution in [3.05, 3.63) is 58.6 Å². The standard InChI is InChI=1S/C17H11Cl2N3O2S/c18-10-6-7-14(13(19)8-10)20-9-12-15(23)21-17(25)22(16(12)24)11-4-2-1-3-5-11/h1-9,12H,(H,21,23,25)/t12-/m0/s1. The fraction of sp³-hybridized carbons (Fsp3) is 0.0588. The Morgan fingerprint density at radius 1 is 1.12 bits per heavy atom. The van der Waals surface area contributed by atoms with E-state index < -0.39 is 17.7 Å². The summed E-state index contributed by atoms with van der Waals surface area (Å²) in [4.78, 5) is 30.3. The number of nitrogens with one attached hydrogen (secondary N) is 1. The molecule has 0 spiro atoms. The van der Waals surface area contributed by atoms with Crippen LogP contribution in [-0.2, 0) is 9.59 Å². The molecule has 1 heterocycles. The highest BCUT2D eigenvalue weighted by Crippen LogP contribution is 2.28. The van der Waals surface area contributed by atoms with Gasteiger partial charge in [-0.1, -0.05) is 41.4 Å². The minimum atomic E-state index is -1.11. The van der Waals surface area contributed by atoms with Gasteiger partial charge in [-0.25, -0.2) is 0 Å². The van der Waals surface area contributed by atoms with E-state index in [1.165, 1.54) is 17.2 Å². The van der Waals surface area contributed by atoms with Gasteiger partial charge < -0.3 is 5.32 Å². The van der Waals surface area contributed by atoms with Crippen molar-refractivity contribution in [3.8, 4) is 0 Å². The predicted molar refractivity (Wildman–Crippen MR) is 103 cm³/mol. The molecule has 1 N–H and O–H groups in total. The molecule has 0 aromatic heterocycles. The molecule has 5 nitrogen and oxygen atoms in total. The Bertz CT molecular complexity index is 887. The van der Waals surface area contributed by atoms with E-state index in [0.29, 0.717) is 21.4 Å². The van der Waals surface area contributed by atoms with Crippen molar-refractivity contribution in [2.75, 3.05) is 4.90 Å². The molecule has 2 aromatic rings. The van der Waals surface area contributed by atoms with E-state index in [4.69, 9.17) is 35.4 Å². The van der Waals surface area contributed by atoms with E-state index in [-0.39, 0.29) is 5.11 Å². The summed E-state index contributed by atoms with van der Waals surface area (Å²) in [6.45, 7) is 0. The summed E-state index contributed by atoms with van der Waals surface area (Å²) in [5.74, 6) is -2.12. The summed E-state index contributed by atoms with van der Waals surface area (Å²) >= 11 is 17.0. The number of nitrogens with zero attached hydrogens (tertiary/aromatic N) is 2. The molecule has 3 rings (SSSR count). The lowest BCUT2D eigenvalue weighted by atomic mass is 10.1. The lowest BCUT2D eigenvalue weighted by molar-refractivity contribution is -0.130. The fourth-order valence-electron chi connectivity index (χ4n) is 2.28. The predicted octanol–water partition coefficient (Wildman–Crippen LogP) is 3.76. The number of anilines is 1. The molecule has 0 aliphatic carbocycles. The second-order valence-electron chi connectivity index (χ2n) is 5.16. The Balaban J connectivity index is 1.90. The zero-order chi connectivity index (χ0) is 18.0. The van der Waals surface area contributed by atoms with Crippen molar-refractivity contribution < 1.29 is 9.59 Å². The molecule has 0 unspecified atom stereocenters. The zero-order valence-corrected chi connectivity index (χ0v) is 15.0. The minimum absolute atomic E-state index is 0.0374. The Morgan fingerprint density at radius 3 is 2.52 bits per heavy atom. The first-order chi connectivity index (χ1) is 12.0. The monoisotopic (exact) mass is 391 g/mol. The van der Waals surface area contributed by atoms with Crippen LogP contribution in [0.1, 0.15) is 0 Å². The number of thiocarbonyl (C=S) groups is 1. The third-order valence-electron chi connectivity index (χ3n) is 3.49. The van der Waals surface area contributed by atoms with Crippen LogP contribution in [0.15, 0.2) is 53.5 Å². The lowest BCUT2D eigenvalue weighted by Gasteiger charge is -2.30. The van der Waals surface area contributed by atoms with Crippen LogP contribution in [0.3, 0.4) is 0 Å². The van der Waals surface area contributed by atoms with Gasteiger partial charge in [-0.15, -0.1) is 0 Å². The largest absolute Gasteiger partial charge is 0.301 e. The van der Waals surface area contributed by atoms with Gasteiger partial charge >= 0.3 is 0 Å². The molecule has 1 fully saturated rings. The highest BCUT2D eigenvalue weighted by atomic mass is 35.5. The number of aliphatic imine (C=N–C) groups is 1. The second-order valence-corrected chi connectivity index (χ2v) is 6.39. The molecule has 0 bridgehead atoms. The maximum Gasteiger partial charge on any atom is 0.251 e. The fourth-order valence-corrected chi connectivity index (χ4v) is 3.04. The minimum Gasteiger partial charge on any atom is -0.301 e. The molecule has 2 amide bonds. The van der Waals surface area contributed by atoms with Crippen molar-refractivity contribution in [1.82, 2.24) is 5.32 Å². The summed E-state index contributed by atoms with van der Waals surface area (Å²) in [7, 11) is 0. The third kappa shape index (κ3) is 3.71. The maximum absolute atomic E-state index is 12.7. The number of hydrogen-bond donors (Lipinski definition) is 1. The van der Waals surface area contributed by atoms with Crippen LogP contribution in [0, 0.1) is 5.92 Å². The summed E-state index contributed by atoms with van der Waals surface area (Å²) in [5.41, 5.74) is 0.978. The number of benzene rings is 2. The van der Waals surface area contributed by atoms with Gasteiger partial charge in [0, 0.05) is 11.2 Å². The van der Waals surface area contributed by atoms with Gasteiger partial charge in [-0.3, -0.25) is 19.5 Å². The van der Waals surface area contributed by atoms with Crippen LogP contribution in [0.5, 0.6) is 0 Å². The normalized spacial score (nSPS) is 17.9. The number of carbonyl (C=O) groups is 2. The van der Waals surface area contributed by atoms with E-state index >= 15 is 0 Å². The molecule has 1 atom stereocenters. The van der Waals surface area contributed by atoms with Gasteiger partial charge in [0.05, 0.1) is 16.4 Å². The quantitative estimate of drug-likeness (QED) is 0.492. The molecule has 1 aliphatic rings. The van der Waals surface area contributed by atoms with Gasteiger partial charge in [0.25, 0.3) is 5.91 Å². The summed E-state index contributed by atoms with van der Waals surface area (Å²) in [5, 5.41) is 3.35. The Labute approximate surface area is 159 Å². The van der Waals surface area contributed by atoms with Crippen LogP contribution < -0.4 is 10.2 Å². The van der Waals surface area contributed by atoms with Crippen molar-refractivity contribution in [3.63, 3.8) is 0 Å². The third-order valence-corrected chi connectivity index (χ3v) is 4.31. The van der Waals surface area contributed by atoms with Gasteiger partial charge in [0.2, 0.25) is 5.91 Å². The van der Waals surface area contributed by atoms with E-state index in [0.717, 1.165) is 0 Å². The molecule has 1 aliphatic heterocycles. The molecule has 2 aromatic carbocycles. The number of hydrogen-bond acceptors (Lipinski definition) is 4. The second kappa shape index (κ2) is 7.31. The van der Waals surface area contributed by atoms with Crippen molar-refractivity contribution >= 4 is 69.9 Å². The Hall–Kier alpha value is -2.28. The number of rotatable bonds is 3. The topological polar surface area (TPSA) is 61.8 Å². The number of para-hydroxylation sites is 1. The smallest absolute Gasteiger partial charge is 0.251 e. The zero-order valence-electron chi connectivity index (χ0n) is 12.6. The van der Waals surface area contributed by atoms with E-state index in [1.807, 2.05) is 6.07 Å². The first-order valence-corrected chi connectivity index (χ1v) is 8.37. The van der Waals surface area contributed by atoms with Crippen molar-refractivity contribution in [1.29, 1.82) is 0 Å². The van der Waals surface area contributed by atoms with Gasteiger partial charge in [-0.2, -0.15) is 0 Å².